The van der Waals surface area contributed by atoms with Crippen LogP contribution < -0.4 is 11.1 Å². The Bertz CT molecular complexity index is 419. The van der Waals surface area contributed by atoms with Crippen molar-refractivity contribution in [3.05, 3.63) is 27.7 Å². The summed E-state index contributed by atoms with van der Waals surface area (Å²) < 4.78 is 0.835. The predicted molar refractivity (Wildman–Crippen MR) is 79.8 cm³/mol. The summed E-state index contributed by atoms with van der Waals surface area (Å²) in [6, 6.07) is 3.63. The van der Waals surface area contributed by atoms with E-state index in [1.165, 1.54) is 12.8 Å². The fourth-order valence-corrected chi connectivity index (χ4v) is 2.26. The van der Waals surface area contributed by atoms with Crippen molar-refractivity contribution in [3.63, 3.8) is 0 Å². The normalized spacial score (nSPS) is 10.4. The molecular formula is C14H21BrN2O. The first-order valence-corrected chi connectivity index (χ1v) is 7.19. The largest absolute Gasteiger partial charge is 0.398 e. The van der Waals surface area contributed by atoms with Crippen LogP contribution in [0.1, 0.15) is 48.5 Å². The van der Waals surface area contributed by atoms with Gasteiger partial charge in [0.2, 0.25) is 0 Å². The molecule has 0 saturated carbocycles. The number of anilines is 1. The van der Waals surface area contributed by atoms with Crippen molar-refractivity contribution in [2.75, 3.05) is 12.3 Å². The molecule has 0 aliphatic carbocycles. The van der Waals surface area contributed by atoms with Crippen LogP contribution in [0.5, 0.6) is 0 Å². The van der Waals surface area contributed by atoms with Crippen LogP contribution in [0.3, 0.4) is 0 Å². The molecule has 0 bridgehead atoms. The molecule has 100 valence electrons. The Balaban J connectivity index is 2.56. The van der Waals surface area contributed by atoms with Crippen molar-refractivity contribution in [1.29, 1.82) is 0 Å². The highest BCUT2D eigenvalue weighted by molar-refractivity contribution is 9.10. The molecule has 0 heterocycles. The average molecular weight is 313 g/mol. The fraction of sp³-hybridized carbons (Fsp3) is 0.500. The Labute approximate surface area is 117 Å². The Morgan fingerprint density at radius 1 is 1.33 bits per heavy atom. The van der Waals surface area contributed by atoms with E-state index in [4.69, 9.17) is 5.73 Å². The van der Waals surface area contributed by atoms with Crippen LogP contribution >= 0.6 is 15.9 Å². The summed E-state index contributed by atoms with van der Waals surface area (Å²) in [6.07, 6.45) is 4.62. The van der Waals surface area contributed by atoms with E-state index in [2.05, 4.69) is 28.2 Å². The molecule has 1 aromatic carbocycles. The maximum absolute atomic E-state index is 12.0. The van der Waals surface area contributed by atoms with Crippen molar-refractivity contribution >= 4 is 27.5 Å². The van der Waals surface area contributed by atoms with Gasteiger partial charge in [-0.05, 0) is 31.0 Å². The van der Waals surface area contributed by atoms with Crippen LogP contribution in [-0.2, 0) is 0 Å². The van der Waals surface area contributed by atoms with Gasteiger partial charge in [0.25, 0.3) is 5.91 Å². The molecule has 0 unspecified atom stereocenters. The maximum Gasteiger partial charge on any atom is 0.251 e. The van der Waals surface area contributed by atoms with Gasteiger partial charge in [-0.3, -0.25) is 4.79 Å². The minimum atomic E-state index is -0.0444. The van der Waals surface area contributed by atoms with E-state index in [0.29, 0.717) is 11.3 Å². The zero-order chi connectivity index (χ0) is 13.5. The highest BCUT2D eigenvalue weighted by Gasteiger charge is 2.11. The third kappa shape index (κ3) is 4.33. The van der Waals surface area contributed by atoms with Gasteiger partial charge in [-0.25, -0.2) is 0 Å². The number of unbranched alkanes of at least 4 members (excludes halogenated alkanes) is 3. The molecule has 0 radical (unpaired) electrons. The smallest absolute Gasteiger partial charge is 0.251 e. The summed E-state index contributed by atoms with van der Waals surface area (Å²) in [4.78, 5) is 12.0. The van der Waals surface area contributed by atoms with Gasteiger partial charge in [0.15, 0.2) is 0 Å². The molecule has 3 N–H and O–H groups in total. The van der Waals surface area contributed by atoms with Crippen molar-refractivity contribution < 1.29 is 4.79 Å². The van der Waals surface area contributed by atoms with E-state index in [9.17, 15) is 4.79 Å². The van der Waals surface area contributed by atoms with E-state index < -0.39 is 0 Å². The van der Waals surface area contributed by atoms with Gasteiger partial charge in [-0.2, -0.15) is 0 Å². The lowest BCUT2D eigenvalue weighted by Gasteiger charge is -2.10. The molecular weight excluding hydrogens is 292 g/mol. The van der Waals surface area contributed by atoms with Crippen molar-refractivity contribution in [3.8, 4) is 0 Å². The molecule has 1 rings (SSSR count). The number of nitrogen functional groups attached to an aromatic ring is 1. The number of halogens is 1. The molecule has 18 heavy (non-hydrogen) atoms. The number of nitrogens with one attached hydrogen (secondary N) is 1. The van der Waals surface area contributed by atoms with Gasteiger partial charge in [0.05, 0.1) is 0 Å². The number of rotatable bonds is 6. The summed E-state index contributed by atoms with van der Waals surface area (Å²) in [5, 5.41) is 2.94. The standard InChI is InChI=1S/C14H21BrN2O/c1-3-4-5-6-7-17-14(18)12-8-11(15)9-13(16)10(12)2/h8-9H,3-7,16H2,1-2H3,(H,17,18). The molecule has 0 aromatic heterocycles. The highest BCUT2D eigenvalue weighted by atomic mass is 79.9. The Kier molecular flexibility index (Phi) is 6.19. The molecule has 3 nitrogen and oxygen atoms in total. The lowest BCUT2D eigenvalue weighted by atomic mass is 10.1. The van der Waals surface area contributed by atoms with Gasteiger partial charge in [0.1, 0.15) is 0 Å². The van der Waals surface area contributed by atoms with Crippen molar-refractivity contribution in [2.24, 2.45) is 0 Å². The molecule has 0 aliphatic rings. The second-order valence-corrected chi connectivity index (χ2v) is 5.40. The highest BCUT2D eigenvalue weighted by Crippen LogP contribution is 2.22. The summed E-state index contributed by atoms with van der Waals surface area (Å²) in [5.41, 5.74) is 7.97. The minimum absolute atomic E-state index is 0.0444. The van der Waals surface area contributed by atoms with Crippen LogP contribution in [0.4, 0.5) is 5.69 Å². The van der Waals surface area contributed by atoms with Crippen molar-refractivity contribution in [1.82, 2.24) is 5.32 Å². The monoisotopic (exact) mass is 312 g/mol. The summed E-state index contributed by atoms with van der Waals surface area (Å²) in [6.45, 7) is 4.77. The number of carbonyl (C=O) groups excluding carboxylic acids is 1. The van der Waals surface area contributed by atoms with Crippen molar-refractivity contribution in [2.45, 2.75) is 39.5 Å². The summed E-state index contributed by atoms with van der Waals surface area (Å²) >= 11 is 3.36. The summed E-state index contributed by atoms with van der Waals surface area (Å²) in [5.74, 6) is -0.0444. The third-order valence-corrected chi connectivity index (χ3v) is 3.43. The number of hydrogen-bond donors (Lipinski definition) is 2. The second kappa shape index (κ2) is 7.41. The van der Waals surface area contributed by atoms with Gasteiger partial charge in [-0.1, -0.05) is 42.1 Å². The van der Waals surface area contributed by atoms with E-state index in [-0.39, 0.29) is 5.91 Å². The number of carbonyl (C=O) groups is 1. The number of nitrogens with two attached hydrogens (primary N) is 1. The van der Waals surface area contributed by atoms with Crippen LogP contribution in [0.2, 0.25) is 0 Å². The zero-order valence-corrected chi connectivity index (χ0v) is 12.6. The molecule has 0 aliphatic heterocycles. The molecule has 0 atom stereocenters. The molecule has 0 spiro atoms. The van der Waals surface area contributed by atoms with Crippen LogP contribution in [0.25, 0.3) is 0 Å². The SMILES string of the molecule is CCCCCCNC(=O)c1cc(Br)cc(N)c1C. The molecule has 4 heteroatoms. The number of amides is 1. The van der Waals surface area contributed by atoms with E-state index in [1.54, 1.807) is 0 Å². The van der Waals surface area contributed by atoms with Gasteiger partial charge >= 0.3 is 0 Å². The van der Waals surface area contributed by atoms with Crippen LogP contribution in [0, 0.1) is 6.92 Å². The quantitative estimate of drug-likeness (QED) is 0.622. The first-order valence-electron chi connectivity index (χ1n) is 6.40. The Morgan fingerprint density at radius 3 is 2.72 bits per heavy atom. The summed E-state index contributed by atoms with van der Waals surface area (Å²) in [7, 11) is 0. The molecule has 0 fully saturated rings. The van der Waals surface area contributed by atoms with E-state index in [0.717, 1.165) is 29.4 Å². The topological polar surface area (TPSA) is 55.1 Å². The van der Waals surface area contributed by atoms with E-state index in [1.807, 2.05) is 19.1 Å². The Morgan fingerprint density at radius 2 is 2.06 bits per heavy atom. The average Bonchev–Trinajstić information content (AvgIpc) is 2.33. The minimum Gasteiger partial charge on any atom is -0.398 e. The second-order valence-electron chi connectivity index (χ2n) is 4.48. The fourth-order valence-electron chi connectivity index (χ4n) is 1.78. The lowest BCUT2D eigenvalue weighted by molar-refractivity contribution is 0.0952. The number of hydrogen-bond acceptors (Lipinski definition) is 2. The lowest BCUT2D eigenvalue weighted by Crippen LogP contribution is -2.25. The van der Waals surface area contributed by atoms with Crippen LogP contribution in [0.15, 0.2) is 16.6 Å². The first kappa shape index (κ1) is 15.0. The van der Waals surface area contributed by atoms with Gasteiger partial charge in [-0.15, -0.1) is 0 Å². The van der Waals surface area contributed by atoms with Gasteiger partial charge in [0, 0.05) is 22.3 Å². The van der Waals surface area contributed by atoms with E-state index >= 15 is 0 Å². The Hall–Kier alpha value is -1.03. The number of benzene rings is 1. The first-order chi connectivity index (χ1) is 8.56. The molecule has 0 saturated heterocycles. The van der Waals surface area contributed by atoms with Crippen LogP contribution in [-0.4, -0.2) is 12.5 Å². The zero-order valence-electron chi connectivity index (χ0n) is 11.1. The predicted octanol–water partition coefficient (Wildman–Crippen LogP) is 3.65. The molecule has 1 aromatic rings. The van der Waals surface area contributed by atoms with Gasteiger partial charge < -0.3 is 11.1 Å². The maximum atomic E-state index is 12.0. The third-order valence-electron chi connectivity index (χ3n) is 2.97. The molecule has 1 amide bonds.